The molecular formula is C19H27IN4. The molecule has 0 bridgehead atoms. The molecule has 1 aromatic heterocycles. The van der Waals surface area contributed by atoms with Gasteiger partial charge in [0.15, 0.2) is 5.96 Å². The number of halogens is 1. The summed E-state index contributed by atoms with van der Waals surface area (Å²) >= 11 is 0. The lowest BCUT2D eigenvalue weighted by Crippen LogP contribution is -2.38. The van der Waals surface area contributed by atoms with Gasteiger partial charge in [-0.25, -0.2) is 0 Å². The Hall–Kier alpha value is -1.63. The highest BCUT2D eigenvalue weighted by atomic mass is 127. The quantitative estimate of drug-likeness (QED) is 0.418. The van der Waals surface area contributed by atoms with Crippen molar-refractivity contribution >= 4 is 29.9 Å². The molecular weight excluding hydrogens is 411 g/mol. The molecule has 1 heterocycles. The lowest BCUT2D eigenvalue weighted by molar-refractivity contribution is 0.464. The monoisotopic (exact) mass is 438 g/mol. The molecule has 0 amide bonds. The van der Waals surface area contributed by atoms with Crippen molar-refractivity contribution in [2.75, 3.05) is 20.6 Å². The van der Waals surface area contributed by atoms with Crippen LogP contribution in [0, 0.1) is 0 Å². The van der Waals surface area contributed by atoms with Crippen LogP contribution in [0.4, 0.5) is 0 Å². The number of aromatic nitrogens is 1. The molecule has 0 aliphatic carbocycles. The average Bonchev–Trinajstić information content (AvgIpc) is 2.61. The van der Waals surface area contributed by atoms with Crippen molar-refractivity contribution < 1.29 is 0 Å². The van der Waals surface area contributed by atoms with E-state index in [0.29, 0.717) is 0 Å². The highest BCUT2D eigenvalue weighted by Crippen LogP contribution is 2.17. The first-order valence-electron chi connectivity index (χ1n) is 8.16. The first-order chi connectivity index (χ1) is 11.2. The molecule has 0 aliphatic heterocycles. The van der Waals surface area contributed by atoms with Crippen LogP contribution >= 0.6 is 24.0 Å². The molecule has 0 aliphatic rings. The van der Waals surface area contributed by atoms with Gasteiger partial charge >= 0.3 is 0 Å². The molecule has 2 aromatic rings. The first-order valence-corrected chi connectivity index (χ1v) is 8.16. The number of nitrogens with zero attached hydrogens (tertiary/aromatic N) is 3. The lowest BCUT2D eigenvalue weighted by Gasteiger charge is -2.22. The van der Waals surface area contributed by atoms with Crippen LogP contribution in [0.15, 0.2) is 53.7 Å². The fourth-order valence-corrected chi connectivity index (χ4v) is 2.44. The summed E-state index contributed by atoms with van der Waals surface area (Å²) < 4.78 is 0. The minimum atomic E-state index is 0. The van der Waals surface area contributed by atoms with Gasteiger partial charge in [-0.1, -0.05) is 37.6 Å². The number of hydrogen-bond acceptors (Lipinski definition) is 2. The second-order valence-corrected chi connectivity index (χ2v) is 5.59. The summed E-state index contributed by atoms with van der Waals surface area (Å²) in [6, 6.07) is 14.4. The maximum absolute atomic E-state index is 4.41. The number of rotatable bonds is 6. The smallest absolute Gasteiger partial charge is 0.193 e. The van der Waals surface area contributed by atoms with Crippen LogP contribution in [0.25, 0.3) is 11.3 Å². The van der Waals surface area contributed by atoms with Gasteiger partial charge in [0.2, 0.25) is 0 Å². The highest BCUT2D eigenvalue weighted by molar-refractivity contribution is 14.0. The molecule has 130 valence electrons. The second-order valence-electron chi connectivity index (χ2n) is 5.59. The number of nitrogens with one attached hydrogen (secondary N) is 1. The van der Waals surface area contributed by atoms with Crippen LogP contribution < -0.4 is 5.32 Å². The van der Waals surface area contributed by atoms with Gasteiger partial charge in [-0.05, 0) is 30.2 Å². The summed E-state index contributed by atoms with van der Waals surface area (Å²) in [5.74, 6) is 0.932. The van der Waals surface area contributed by atoms with Gasteiger partial charge < -0.3 is 10.2 Å². The van der Waals surface area contributed by atoms with Crippen molar-refractivity contribution in [3.63, 3.8) is 0 Å². The molecule has 4 nitrogen and oxygen atoms in total. The van der Waals surface area contributed by atoms with Crippen LogP contribution in [0.5, 0.6) is 0 Å². The zero-order chi connectivity index (χ0) is 16.5. The summed E-state index contributed by atoms with van der Waals surface area (Å²) in [4.78, 5) is 10.9. The Morgan fingerprint density at radius 1 is 1.21 bits per heavy atom. The first kappa shape index (κ1) is 20.4. The van der Waals surface area contributed by atoms with Crippen molar-refractivity contribution in [3.05, 3.63) is 54.2 Å². The average molecular weight is 438 g/mol. The standard InChI is InChI=1S/C19H26N4.HI/c1-4-5-13-23(3)19(20-2)22-15-16-9-8-10-17(14-16)18-11-6-7-12-21-18;/h6-12,14H,4-5,13,15H2,1-3H3,(H,20,22);1H. The molecule has 0 saturated carbocycles. The van der Waals surface area contributed by atoms with Gasteiger partial charge in [-0.15, -0.1) is 24.0 Å². The Balaban J connectivity index is 0.00000288. The van der Waals surface area contributed by atoms with Crippen LogP contribution in [0.1, 0.15) is 25.3 Å². The van der Waals surface area contributed by atoms with E-state index in [4.69, 9.17) is 0 Å². The molecule has 5 heteroatoms. The predicted octanol–water partition coefficient (Wildman–Crippen LogP) is 4.17. The number of unbranched alkanes of at least 4 members (excludes halogenated alkanes) is 1. The Bertz CT molecular complexity index is 628. The number of pyridine rings is 1. The molecule has 0 atom stereocenters. The summed E-state index contributed by atoms with van der Waals surface area (Å²) in [5, 5.41) is 3.43. The molecule has 1 N–H and O–H groups in total. The lowest BCUT2D eigenvalue weighted by atomic mass is 10.1. The second kappa shape index (κ2) is 11.0. The Morgan fingerprint density at radius 3 is 2.71 bits per heavy atom. The topological polar surface area (TPSA) is 40.5 Å². The van der Waals surface area contributed by atoms with Gasteiger partial charge in [-0.3, -0.25) is 9.98 Å². The molecule has 1 aromatic carbocycles. The van der Waals surface area contributed by atoms with E-state index in [1.807, 2.05) is 31.4 Å². The maximum atomic E-state index is 4.41. The SMILES string of the molecule is CCCCN(C)C(=NC)NCc1cccc(-c2ccccn2)c1.I. The number of aliphatic imine (C=N–C) groups is 1. The van der Waals surface area contributed by atoms with Gasteiger partial charge in [0.25, 0.3) is 0 Å². The maximum Gasteiger partial charge on any atom is 0.193 e. The van der Waals surface area contributed by atoms with E-state index in [1.165, 1.54) is 18.4 Å². The van der Waals surface area contributed by atoms with Gasteiger partial charge in [0.05, 0.1) is 5.69 Å². The van der Waals surface area contributed by atoms with E-state index in [1.54, 1.807) is 0 Å². The van der Waals surface area contributed by atoms with Crippen LogP contribution in [0.3, 0.4) is 0 Å². The fraction of sp³-hybridized carbons (Fsp3) is 0.368. The zero-order valence-corrected chi connectivity index (χ0v) is 17.0. The highest BCUT2D eigenvalue weighted by Gasteiger charge is 2.05. The van der Waals surface area contributed by atoms with E-state index in [0.717, 1.165) is 30.3 Å². The Morgan fingerprint density at radius 2 is 2.04 bits per heavy atom. The van der Waals surface area contributed by atoms with Crippen molar-refractivity contribution in [2.24, 2.45) is 4.99 Å². The third kappa shape index (κ3) is 6.11. The van der Waals surface area contributed by atoms with Gasteiger partial charge in [0.1, 0.15) is 0 Å². The van der Waals surface area contributed by atoms with Crippen molar-refractivity contribution in [1.29, 1.82) is 0 Å². The summed E-state index contributed by atoms with van der Waals surface area (Å²) in [6.45, 7) is 3.97. The number of guanidine groups is 1. The van der Waals surface area contributed by atoms with E-state index in [-0.39, 0.29) is 24.0 Å². The van der Waals surface area contributed by atoms with Crippen molar-refractivity contribution in [2.45, 2.75) is 26.3 Å². The molecule has 0 unspecified atom stereocenters. The van der Waals surface area contributed by atoms with E-state index < -0.39 is 0 Å². The summed E-state index contributed by atoms with van der Waals surface area (Å²) in [7, 11) is 3.91. The number of benzene rings is 1. The largest absolute Gasteiger partial charge is 0.352 e. The van der Waals surface area contributed by atoms with E-state index >= 15 is 0 Å². The Labute approximate surface area is 162 Å². The van der Waals surface area contributed by atoms with Crippen LogP contribution in [-0.4, -0.2) is 36.5 Å². The van der Waals surface area contributed by atoms with Crippen molar-refractivity contribution in [1.82, 2.24) is 15.2 Å². The molecule has 0 spiro atoms. The fourth-order valence-electron chi connectivity index (χ4n) is 2.44. The van der Waals surface area contributed by atoms with Crippen molar-refractivity contribution in [3.8, 4) is 11.3 Å². The van der Waals surface area contributed by atoms with Crippen LogP contribution in [-0.2, 0) is 6.54 Å². The molecule has 2 rings (SSSR count). The normalized spacial score (nSPS) is 10.9. The minimum absolute atomic E-state index is 0. The number of hydrogen-bond donors (Lipinski definition) is 1. The third-order valence-electron chi connectivity index (χ3n) is 3.76. The third-order valence-corrected chi connectivity index (χ3v) is 3.76. The van der Waals surface area contributed by atoms with E-state index in [2.05, 4.69) is 58.4 Å². The summed E-state index contributed by atoms with van der Waals surface area (Å²) in [6.07, 6.45) is 4.19. The summed E-state index contributed by atoms with van der Waals surface area (Å²) in [5.41, 5.74) is 3.36. The molecule has 24 heavy (non-hydrogen) atoms. The molecule has 0 saturated heterocycles. The van der Waals surface area contributed by atoms with Gasteiger partial charge in [0, 0.05) is 38.9 Å². The van der Waals surface area contributed by atoms with Crippen LogP contribution in [0.2, 0.25) is 0 Å². The van der Waals surface area contributed by atoms with E-state index in [9.17, 15) is 0 Å². The van der Waals surface area contributed by atoms with Gasteiger partial charge in [-0.2, -0.15) is 0 Å². The molecule has 0 radical (unpaired) electrons. The Kier molecular flexibility index (Phi) is 9.37. The minimum Gasteiger partial charge on any atom is -0.352 e. The predicted molar refractivity (Wildman–Crippen MR) is 113 cm³/mol. The molecule has 0 fully saturated rings. The zero-order valence-electron chi connectivity index (χ0n) is 14.7.